The van der Waals surface area contributed by atoms with Gasteiger partial charge in [-0.3, -0.25) is 9.59 Å². The van der Waals surface area contributed by atoms with Crippen molar-refractivity contribution >= 4 is 34.5 Å². The maximum Gasteiger partial charge on any atom is 0.224 e. The minimum absolute atomic E-state index is 0.0336. The van der Waals surface area contributed by atoms with Crippen molar-refractivity contribution < 1.29 is 9.59 Å². The molecule has 1 aromatic carbocycles. The molecule has 1 aliphatic heterocycles. The minimum atomic E-state index is -0.162. The second-order valence-electron chi connectivity index (χ2n) is 6.06. The molecular formula is C18H21N3O2S. The Morgan fingerprint density at radius 1 is 1.29 bits per heavy atom. The highest BCUT2D eigenvalue weighted by atomic mass is 32.1. The van der Waals surface area contributed by atoms with Gasteiger partial charge < -0.3 is 16.0 Å². The van der Waals surface area contributed by atoms with Gasteiger partial charge >= 0.3 is 0 Å². The molecular weight excluding hydrogens is 322 g/mol. The van der Waals surface area contributed by atoms with Crippen LogP contribution >= 0.6 is 11.3 Å². The SMILES string of the molecule is Cc1ccc(N)cc1NC(=O)CCC(=O)N1CCc2sccc2C1. The lowest BCUT2D eigenvalue weighted by Crippen LogP contribution is -2.35. The van der Waals surface area contributed by atoms with Crippen LogP contribution in [-0.2, 0) is 22.6 Å². The molecule has 126 valence electrons. The molecule has 3 rings (SSSR count). The van der Waals surface area contributed by atoms with Crippen LogP contribution in [0, 0.1) is 6.92 Å². The van der Waals surface area contributed by atoms with Crippen LogP contribution in [0.5, 0.6) is 0 Å². The van der Waals surface area contributed by atoms with Crippen molar-refractivity contribution in [3.8, 4) is 0 Å². The summed E-state index contributed by atoms with van der Waals surface area (Å²) in [5.41, 5.74) is 9.23. The van der Waals surface area contributed by atoms with E-state index in [-0.39, 0.29) is 24.7 Å². The first kappa shape index (κ1) is 16.5. The van der Waals surface area contributed by atoms with Gasteiger partial charge in [-0.15, -0.1) is 11.3 Å². The largest absolute Gasteiger partial charge is 0.399 e. The molecule has 2 heterocycles. The molecule has 2 amide bonds. The first-order valence-corrected chi connectivity index (χ1v) is 8.90. The monoisotopic (exact) mass is 343 g/mol. The van der Waals surface area contributed by atoms with Gasteiger partial charge in [0, 0.05) is 42.2 Å². The van der Waals surface area contributed by atoms with Crippen LogP contribution in [0.4, 0.5) is 11.4 Å². The number of carbonyl (C=O) groups excluding carboxylic acids is 2. The Labute approximate surface area is 145 Å². The summed E-state index contributed by atoms with van der Waals surface area (Å²) in [6.07, 6.45) is 1.32. The lowest BCUT2D eigenvalue weighted by molar-refractivity contribution is -0.133. The average Bonchev–Trinajstić information content (AvgIpc) is 3.03. The first-order valence-electron chi connectivity index (χ1n) is 8.02. The van der Waals surface area contributed by atoms with Crippen molar-refractivity contribution in [2.24, 2.45) is 0 Å². The fraction of sp³-hybridized carbons (Fsp3) is 0.333. The fourth-order valence-electron chi connectivity index (χ4n) is 2.83. The molecule has 0 radical (unpaired) electrons. The molecule has 2 aromatic rings. The summed E-state index contributed by atoms with van der Waals surface area (Å²) >= 11 is 1.75. The van der Waals surface area contributed by atoms with Crippen LogP contribution in [0.3, 0.4) is 0 Å². The number of nitrogens with zero attached hydrogens (tertiary/aromatic N) is 1. The number of benzene rings is 1. The summed E-state index contributed by atoms with van der Waals surface area (Å²) in [7, 11) is 0. The number of carbonyl (C=O) groups is 2. The zero-order valence-electron chi connectivity index (χ0n) is 13.7. The highest BCUT2D eigenvalue weighted by Crippen LogP contribution is 2.24. The molecule has 0 spiro atoms. The zero-order valence-corrected chi connectivity index (χ0v) is 14.5. The van der Waals surface area contributed by atoms with Gasteiger partial charge in [-0.2, -0.15) is 0 Å². The summed E-state index contributed by atoms with van der Waals surface area (Å²) in [5.74, 6) is -0.128. The molecule has 0 saturated heterocycles. The summed E-state index contributed by atoms with van der Waals surface area (Å²) < 4.78 is 0. The Morgan fingerprint density at radius 3 is 2.96 bits per heavy atom. The number of nitrogen functional groups attached to an aromatic ring is 1. The topological polar surface area (TPSA) is 75.4 Å². The molecule has 0 fully saturated rings. The van der Waals surface area contributed by atoms with Gasteiger partial charge in [-0.1, -0.05) is 6.07 Å². The van der Waals surface area contributed by atoms with Crippen molar-refractivity contribution in [1.82, 2.24) is 4.90 Å². The van der Waals surface area contributed by atoms with Crippen molar-refractivity contribution in [2.45, 2.75) is 32.7 Å². The Balaban J connectivity index is 1.51. The van der Waals surface area contributed by atoms with E-state index in [1.807, 2.05) is 17.9 Å². The van der Waals surface area contributed by atoms with Crippen molar-refractivity contribution in [3.63, 3.8) is 0 Å². The third-order valence-electron chi connectivity index (χ3n) is 4.26. The van der Waals surface area contributed by atoms with Gasteiger partial charge in [0.2, 0.25) is 11.8 Å². The van der Waals surface area contributed by atoms with Gasteiger partial charge in [-0.05, 0) is 48.1 Å². The van der Waals surface area contributed by atoms with E-state index in [1.54, 1.807) is 23.5 Å². The molecule has 5 nitrogen and oxygen atoms in total. The number of nitrogens with two attached hydrogens (primary N) is 1. The van der Waals surface area contributed by atoms with Gasteiger partial charge in [-0.25, -0.2) is 0 Å². The van der Waals surface area contributed by atoms with Crippen LogP contribution in [0.2, 0.25) is 0 Å². The number of amides is 2. The van der Waals surface area contributed by atoms with Crippen molar-refractivity contribution in [2.75, 3.05) is 17.6 Å². The van der Waals surface area contributed by atoms with Crippen LogP contribution in [0.25, 0.3) is 0 Å². The molecule has 0 unspecified atom stereocenters. The highest BCUT2D eigenvalue weighted by Gasteiger charge is 2.21. The maximum atomic E-state index is 12.3. The Bertz CT molecular complexity index is 769. The number of hydrogen-bond donors (Lipinski definition) is 2. The Kier molecular flexibility index (Phi) is 4.85. The fourth-order valence-corrected chi connectivity index (χ4v) is 3.72. The summed E-state index contributed by atoms with van der Waals surface area (Å²) in [6, 6.07) is 7.47. The van der Waals surface area contributed by atoms with E-state index in [9.17, 15) is 9.59 Å². The molecule has 0 aliphatic carbocycles. The van der Waals surface area contributed by atoms with Crippen LogP contribution in [0.1, 0.15) is 28.8 Å². The molecule has 0 bridgehead atoms. The second-order valence-corrected chi connectivity index (χ2v) is 7.06. The molecule has 1 aromatic heterocycles. The number of hydrogen-bond acceptors (Lipinski definition) is 4. The predicted molar refractivity (Wildman–Crippen MR) is 96.9 cm³/mol. The second kappa shape index (κ2) is 7.05. The van der Waals surface area contributed by atoms with Crippen LogP contribution in [-0.4, -0.2) is 23.3 Å². The lowest BCUT2D eigenvalue weighted by atomic mass is 10.1. The summed E-state index contributed by atoms with van der Waals surface area (Å²) in [4.78, 5) is 27.6. The van der Waals surface area contributed by atoms with Gasteiger partial charge in [0.25, 0.3) is 0 Å². The Hall–Kier alpha value is -2.34. The van der Waals surface area contributed by atoms with Gasteiger partial charge in [0.1, 0.15) is 0 Å². The van der Waals surface area contributed by atoms with E-state index >= 15 is 0 Å². The first-order chi connectivity index (χ1) is 11.5. The van der Waals surface area contributed by atoms with Gasteiger partial charge in [0.15, 0.2) is 0 Å². The summed E-state index contributed by atoms with van der Waals surface area (Å²) in [6.45, 7) is 3.31. The number of fused-ring (bicyclic) bond motifs is 1. The molecule has 3 N–H and O–H groups in total. The zero-order chi connectivity index (χ0) is 17.1. The normalized spacial score (nSPS) is 13.5. The Morgan fingerprint density at radius 2 is 2.12 bits per heavy atom. The molecule has 1 aliphatic rings. The third kappa shape index (κ3) is 3.76. The van der Waals surface area contributed by atoms with Gasteiger partial charge in [0.05, 0.1) is 0 Å². The summed E-state index contributed by atoms with van der Waals surface area (Å²) in [5, 5.41) is 4.90. The third-order valence-corrected chi connectivity index (χ3v) is 5.29. The minimum Gasteiger partial charge on any atom is -0.399 e. The quantitative estimate of drug-likeness (QED) is 0.838. The van der Waals surface area contributed by atoms with Crippen molar-refractivity contribution in [3.05, 3.63) is 45.6 Å². The van der Waals surface area contributed by atoms with E-state index in [2.05, 4.69) is 16.8 Å². The number of nitrogens with one attached hydrogen (secondary N) is 1. The molecule has 24 heavy (non-hydrogen) atoms. The highest BCUT2D eigenvalue weighted by molar-refractivity contribution is 7.10. The van der Waals surface area contributed by atoms with Crippen LogP contribution in [0.15, 0.2) is 29.6 Å². The smallest absolute Gasteiger partial charge is 0.224 e. The average molecular weight is 343 g/mol. The van der Waals surface area contributed by atoms with E-state index in [4.69, 9.17) is 5.73 Å². The predicted octanol–water partition coefficient (Wildman–Crippen LogP) is 2.94. The molecule has 0 saturated carbocycles. The number of aryl methyl sites for hydroxylation is 1. The molecule has 6 heteroatoms. The number of anilines is 2. The van der Waals surface area contributed by atoms with E-state index < -0.39 is 0 Å². The van der Waals surface area contributed by atoms with E-state index in [0.717, 1.165) is 18.5 Å². The molecule has 0 atom stereocenters. The van der Waals surface area contributed by atoms with Crippen molar-refractivity contribution in [1.29, 1.82) is 0 Å². The number of thiophene rings is 1. The standard InChI is InChI=1S/C18H21N3O2S/c1-12-2-3-14(19)10-15(12)20-17(22)4-5-18(23)21-8-6-16-13(11-21)7-9-24-16/h2-3,7,9-10H,4-6,8,11,19H2,1H3,(H,20,22). The lowest BCUT2D eigenvalue weighted by Gasteiger charge is -2.27. The van der Waals surface area contributed by atoms with Crippen LogP contribution < -0.4 is 11.1 Å². The van der Waals surface area contributed by atoms with E-state index in [1.165, 1.54) is 10.4 Å². The maximum absolute atomic E-state index is 12.3. The van der Waals surface area contributed by atoms with E-state index in [0.29, 0.717) is 17.9 Å². The number of rotatable bonds is 4.